The van der Waals surface area contributed by atoms with Gasteiger partial charge in [0, 0.05) is 28.3 Å². The Bertz CT molecular complexity index is 677. The highest BCUT2D eigenvalue weighted by molar-refractivity contribution is 9.10. The van der Waals surface area contributed by atoms with Gasteiger partial charge < -0.3 is 10.1 Å². The summed E-state index contributed by atoms with van der Waals surface area (Å²) in [5.74, 6) is 0.761. The number of ether oxygens (including phenoxy) is 1. The van der Waals surface area contributed by atoms with E-state index >= 15 is 0 Å². The average Bonchev–Trinajstić information content (AvgIpc) is 2.46. The fourth-order valence-corrected chi connectivity index (χ4v) is 2.65. The van der Waals surface area contributed by atoms with Gasteiger partial charge in [0.1, 0.15) is 5.75 Å². The first kappa shape index (κ1) is 15.8. The van der Waals surface area contributed by atoms with Crippen molar-refractivity contribution in [1.82, 2.24) is 0 Å². The maximum Gasteiger partial charge on any atom is 0.285 e. The lowest BCUT2D eigenvalue weighted by Crippen LogP contribution is -2.02. The Hall–Kier alpha value is -1.60. The monoisotopic (exact) mass is 414 g/mol. The number of hydrogen-bond acceptors (Lipinski definition) is 4. The molecule has 1 N–H and O–H groups in total. The summed E-state index contributed by atoms with van der Waals surface area (Å²) in [4.78, 5) is 10.5. The molecule has 0 saturated heterocycles. The molecule has 0 unspecified atom stereocenters. The molecule has 0 bridgehead atoms. The minimum Gasteiger partial charge on any atom is -0.496 e. The van der Waals surface area contributed by atoms with Crippen LogP contribution in [0.4, 0.5) is 11.4 Å². The summed E-state index contributed by atoms with van der Waals surface area (Å²) in [6.45, 7) is 0.501. The summed E-state index contributed by atoms with van der Waals surface area (Å²) in [5.41, 5.74) is 1.66. The SMILES string of the molecule is COc1ccc(Br)cc1CNc1ccc(Br)c([N+](=O)[O-])c1. The molecule has 7 heteroatoms. The number of nitrogens with zero attached hydrogens (tertiary/aromatic N) is 1. The molecule has 0 aromatic heterocycles. The van der Waals surface area contributed by atoms with Gasteiger partial charge in [-0.3, -0.25) is 10.1 Å². The van der Waals surface area contributed by atoms with Crippen molar-refractivity contribution in [3.8, 4) is 5.75 Å². The summed E-state index contributed by atoms with van der Waals surface area (Å²) in [6, 6.07) is 10.6. The van der Waals surface area contributed by atoms with Gasteiger partial charge in [0.05, 0.1) is 16.5 Å². The molecule has 0 amide bonds. The number of halogens is 2. The molecular weight excluding hydrogens is 404 g/mol. The van der Waals surface area contributed by atoms with Crippen LogP contribution in [0.1, 0.15) is 5.56 Å². The standard InChI is InChI=1S/C14H12Br2N2O3/c1-21-14-5-2-10(15)6-9(14)8-17-11-3-4-12(16)13(7-11)18(19)20/h2-7,17H,8H2,1H3. The van der Waals surface area contributed by atoms with E-state index in [4.69, 9.17) is 4.74 Å². The summed E-state index contributed by atoms with van der Waals surface area (Å²) in [7, 11) is 1.61. The Morgan fingerprint density at radius 3 is 2.67 bits per heavy atom. The normalized spacial score (nSPS) is 10.2. The number of nitrogens with one attached hydrogen (secondary N) is 1. The summed E-state index contributed by atoms with van der Waals surface area (Å²) in [5, 5.41) is 14.1. The highest BCUT2D eigenvalue weighted by Crippen LogP contribution is 2.29. The van der Waals surface area contributed by atoms with Gasteiger partial charge in [-0.2, -0.15) is 0 Å². The van der Waals surface area contributed by atoms with Gasteiger partial charge >= 0.3 is 0 Å². The first-order valence-electron chi connectivity index (χ1n) is 6.01. The number of nitro groups is 1. The summed E-state index contributed by atoms with van der Waals surface area (Å²) >= 11 is 6.58. The third kappa shape index (κ3) is 3.95. The number of benzene rings is 2. The van der Waals surface area contributed by atoms with Gasteiger partial charge in [0.2, 0.25) is 0 Å². The van der Waals surface area contributed by atoms with Crippen LogP contribution in [0.5, 0.6) is 5.75 Å². The summed E-state index contributed by atoms with van der Waals surface area (Å²) < 4.78 is 6.70. The quantitative estimate of drug-likeness (QED) is 0.565. The largest absolute Gasteiger partial charge is 0.496 e. The molecule has 2 aromatic rings. The molecular formula is C14H12Br2N2O3. The Morgan fingerprint density at radius 2 is 2.00 bits per heavy atom. The molecule has 5 nitrogen and oxygen atoms in total. The van der Waals surface area contributed by atoms with Crippen molar-refractivity contribution in [3.05, 3.63) is 61.0 Å². The molecule has 2 rings (SSSR count). The lowest BCUT2D eigenvalue weighted by atomic mass is 10.2. The molecule has 0 atom stereocenters. The minimum atomic E-state index is -0.422. The van der Waals surface area contributed by atoms with Crippen molar-refractivity contribution >= 4 is 43.2 Å². The fraction of sp³-hybridized carbons (Fsp3) is 0.143. The van der Waals surface area contributed by atoms with Crippen molar-refractivity contribution < 1.29 is 9.66 Å². The van der Waals surface area contributed by atoms with E-state index in [2.05, 4.69) is 37.2 Å². The number of rotatable bonds is 5. The lowest BCUT2D eigenvalue weighted by molar-refractivity contribution is -0.385. The smallest absolute Gasteiger partial charge is 0.285 e. The number of methoxy groups -OCH3 is 1. The highest BCUT2D eigenvalue weighted by Gasteiger charge is 2.12. The third-order valence-corrected chi connectivity index (χ3v) is 4.03. The van der Waals surface area contributed by atoms with E-state index in [1.54, 1.807) is 19.2 Å². The van der Waals surface area contributed by atoms with Crippen molar-refractivity contribution in [1.29, 1.82) is 0 Å². The number of hydrogen-bond donors (Lipinski definition) is 1. The topological polar surface area (TPSA) is 64.4 Å². The maximum atomic E-state index is 10.9. The van der Waals surface area contributed by atoms with Crippen LogP contribution in [0.25, 0.3) is 0 Å². The van der Waals surface area contributed by atoms with Crippen molar-refractivity contribution in [2.24, 2.45) is 0 Å². The van der Waals surface area contributed by atoms with Gasteiger partial charge in [0.15, 0.2) is 0 Å². The number of anilines is 1. The molecule has 0 aliphatic heterocycles. The molecule has 0 radical (unpaired) electrons. The van der Waals surface area contributed by atoms with Gasteiger partial charge in [-0.15, -0.1) is 0 Å². The van der Waals surface area contributed by atoms with Crippen LogP contribution in [-0.4, -0.2) is 12.0 Å². The Morgan fingerprint density at radius 1 is 1.24 bits per heavy atom. The molecule has 2 aromatic carbocycles. The number of nitro benzene ring substituents is 1. The van der Waals surface area contributed by atoms with Crippen LogP contribution in [0.15, 0.2) is 45.3 Å². The van der Waals surface area contributed by atoms with Crippen LogP contribution in [-0.2, 0) is 6.54 Å². The molecule has 0 fully saturated rings. The minimum absolute atomic E-state index is 0.0289. The Labute approximate surface area is 138 Å². The van der Waals surface area contributed by atoms with Crippen LogP contribution in [0, 0.1) is 10.1 Å². The van der Waals surface area contributed by atoms with Gasteiger partial charge in [-0.05, 0) is 46.3 Å². The van der Waals surface area contributed by atoms with E-state index in [1.165, 1.54) is 6.07 Å². The van der Waals surface area contributed by atoms with E-state index in [9.17, 15) is 10.1 Å². The van der Waals surface area contributed by atoms with Crippen LogP contribution in [0.2, 0.25) is 0 Å². The second-order valence-corrected chi connectivity index (χ2v) is 6.00. The lowest BCUT2D eigenvalue weighted by Gasteiger charge is -2.11. The molecule has 0 spiro atoms. The maximum absolute atomic E-state index is 10.9. The molecule has 0 heterocycles. The predicted molar refractivity (Wildman–Crippen MR) is 88.8 cm³/mol. The van der Waals surface area contributed by atoms with Crippen molar-refractivity contribution in [3.63, 3.8) is 0 Å². The van der Waals surface area contributed by atoms with Crippen molar-refractivity contribution in [2.75, 3.05) is 12.4 Å². The first-order chi connectivity index (χ1) is 10.0. The molecule has 21 heavy (non-hydrogen) atoms. The van der Waals surface area contributed by atoms with E-state index in [0.29, 0.717) is 16.7 Å². The second-order valence-electron chi connectivity index (χ2n) is 4.23. The second kappa shape index (κ2) is 6.91. The zero-order chi connectivity index (χ0) is 15.4. The van der Waals surface area contributed by atoms with Crippen LogP contribution >= 0.6 is 31.9 Å². The predicted octanol–water partition coefficient (Wildman–Crippen LogP) is 4.74. The Kier molecular flexibility index (Phi) is 5.19. The van der Waals surface area contributed by atoms with Gasteiger partial charge in [-0.1, -0.05) is 15.9 Å². The zero-order valence-corrected chi connectivity index (χ0v) is 14.3. The van der Waals surface area contributed by atoms with E-state index in [-0.39, 0.29) is 5.69 Å². The highest BCUT2D eigenvalue weighted by atomic mass is 79.9. The van der Waals surface area contributed by atoms with Gasteiger partial charge in [-0.25, -0.2) is 0 Å². The van der Waals surface area contributed by atoms with Crippen molar-refractivity contribution in [2.45, 2.75) is 6.54 Å². The molecule has 0 aliphatic carbocycles. The molecule has 0 aliphatic rings. The molecule has 0 saturated carbocycles. The van der Waals surface area contributed by atoms with Crippen LogP contribution < -0.4 is 10.1 Å². The van der Waals surface area contributed by atoms with E-state index < -0.39 is 4.92 Å². The van der Waals surface area contributed by atoms with E-state index in [1.807, 2.05) is 18.2 Å². The van der Waals surface area contributed by atoms with Gasteiger partial charge in [0.25, 0.3) is 5.69 Å². The third-order valence-electron chi connectivity index (χ3n) is 2.87. The zero-order valence-electron chi connectivity index (χ0n) is 11.1. The average molecular weight is 416 g/mol. The van der Waals surface area contributed by atoms with Crippen LogP contribution in [0.3, 0.4) is 0 Å². The fourth-order valence-electron chi connectivity index (χ4n) is 1.85. The first-order valence-corrected chi connectivity index (χ1v) is 7.60. The molecule has 110 valence electrons. The summed E-state index contributed by atoms with van der Waals surface area (Å²) in [6.07, 6.45) is 0. The Balaban J connectivity index is 2.19. The van der Waals surface area contributed by atoms with E-state index in [0.717, 1.165) is 15.8 Å².